The molecule has 2 heterocycles. The Hall–Kier alpha value is -3.06. The van der Waals surface area contributed by atoms with E-state index in [-0.39, 0.29) is 18.3 Å². The van der Waals surface area contributed by atoms with E-state index < -0.39 is 5.97 Å². The summed E-state index contributed by atoms with van der Waals surface area (Å²) in [5.41, 5.74) is 1.80. The van der Waals surface area contributed by atoms with Crippen LogP contribution in [0.15, 0.2) is 42.5 Å². The number of ether oxygens (including phenoxy) is 1. The molecular weight excluding hydrogens is 364 g/mol. The topological polar surface area (TPSA) is 85.4 Å². The van der Waals surface area contributed by atoms with Gasteiger partial charge in [-0.15, -0.1) is 11.3 Å². The Labute approximate surface area is 160 Å². The molecule has 3 rings (SSSR count). The van der Waals surface area contributed by atoms with Crippen LogP contribution in [0, 0.1) is 6.92 Å². The second-order valence-electron chi connectivity index (χ2n) is 6.00. The van der Waals surface area contributed by atoms with Crippen molar-refractivity contribution in [2.24, 2.45) is 0 Å². The number of hydrogen-bond donors (Lipinski definition) is 1. The summed E-state index contributed by atoms with van der Waals surface area (Å²) in [5, 5.41) is 3.37. The van der Waals surface area contributed by atoms with Crippen LogP contribution in [0.4, 0.5) is 0 Å². The highest BCUT2D eigenvalue weighted by molar-refractivity contribution is 7.14. The lowest BCUT2D eigenvalue weighted by Gasteiger charge is -2.07. The Balaban J connectivity index is 1.67. The third-order valence-electron chi connectivity index (χ3n) is 3.85. The summed E-state index contributed by atoms with van der Waals surface area (Å²) in [5.74, 6) is -0.970. The smallest absolute Gasteiger partial charge is 0.339 e. The molecule has 0 aliphatic heterocycles. The van der Waals surface area contributed by atoms with Gasteiger partial charge in [-0.25, -0.2) is 4.79 Å². The van der Waals surface area contributed by atoms with E-state index in [0.29, 0.717) is 33.6 Å². The van der Waals surface area contributed by atoms with Crippen molar-refractivity contribution in [1.82, 2.24) is 10.3 Å². The molecule has 2 aromatic heterocycles. The number of benzene rings is 1. The number of nitrogens with one attached hydrogen (secondary N) is 1. The molecule has 0 saturated heterocycles. The number of ketones is 1. The van der Waals surface area contributed by atoms with Gasteiger partial charge in [-0.2, -0.15) is 0 Å². The van der Waals surface area contributed by atoms with Crippen molar-refractivity contribution in [2.75, 3.05) is 6.61 Å². The van der Waals surface area contributed by atoms with Gasteiger partial charge in [0.25, 0.3) is 0 Å². The number of aromatic nitrogens is 1. The molecule has 0 aliphatic rings. The molecule has 0 radical (unpaired) electrons. The normalized spacial score (nSPS) is 10.6. The van der Waals surface area contributed by atoms with Crippen molar-refractivity contribution < 1.29 is 19.1 Å². The predicted molar refractivity (Wildman–Crippen MR) is 103 cm³/mol. The van der Waals surface area contributed by atoms with Gasteiger partial charge >= 0.3 is 5.97 Å². The van der Waals surface area contributed by atoms with E-state index in [2.05, 4.69) is 10.3 Å². The molecule has 1 aromatic carbocycles. The summed E-state index contributed by atoms with van der Waals surface area (Å²) < 4.78 is 5.24. The Morgan fingerprint density at radius 2 is 1.93 bits per heavy atom. The first-order chi connectivity index (χ1) is 12.9. The van der Waals surface area contributed by atoms with Gasteiger partial charge in [0.1, 0.15) is 0 Å². The highest BCUT2D eigenvalue weighted by atomic mass is 32.1. The molecule has 0 unspecified atom stereocenters. The van der Waals surface area contributed by atoms with Crippen LogP contribution in [-0.4, -0.2) is 29.3 Å². The number of fused-ring (bicyclic) bond motifs is 1. The number of Topliss-reactive ketones (excluding diaryl/α,β-unsaturated/α-hetero) is 1. The minimum Gasteiger partial charge on any atom is -0.454 e. The zero-order valence-electron chi connectivity index (χ0n) is 14.9. The lowest BCUT2D eigenvalue weighted by Crippen LogP contribution is -2.18. The van der Waals surface area contributed by atoms with Gasteiger partial charge in [-0.05, 0) is 31.2 Å². The van der Waals surface area contributed by atoms with E-state index in [0.717, 1.165) is 4.88 Å². The number of esters is 1. The number of aryl methyl sites for hydroxylation is 1. The molecule has 1 amide bonds. The zero-order valence-corrected chi connectivity index (χ0v) is 15.8. The molecule has 27 heavy (non-hydrogen) atoms. The van der Waals surface area contributed by atoms with E-state index in [9.17, 15) is 14.4 Å². The van der Waals surface area contributed by atoms with Gasteiger partial charge in [0, 0.05) is 22.9 Å². The molecule has 0 spiro atoms. The first kappa shape index (κ1) is 18.7. The van der Waals surface area contributed by atoms with E-state index in [1.165, 1.54) is 18.3 Å². The number of para-hydroxylation sites is 1. The molecule has 0 aliphatic carbocycles. The maximum Gasteiger partial charge on any atom is 0.339 e. The number of amides is 1. The Morgan fingerprint density at radius 1 is 1.15 bits per heavy atom. The molecule has 1 N–H and O–H groups in total. The fraction of sp³-hybridized carbons (Fsp3) is 0.200. The van der Waals surface area contributed by atoms with Gasteiger partial charge in [0.05, 0.1) is 22.5 Å². The maximum absolute atomic E-state index is 12.5. The number of carbonyl (C=O) groups excluding carboxylic acids is 3. The second kappa shape index (κ2) is 8.09. The second-order valence-corrected chi connectivity index (χ2v) is 7.17. The van der Waals surface area contributed by atoms with E-state index in [1.807, 2.05) is 18.2 Å². The molecule has 3 aromatic rings. The lowest BCUT2D eigenvalue weighted by atomic mass is 10.1. The van der Waals surface area contributed by atoms with Crippen LogP contribution in [0.1, 0.15) is 37.5 Å². The van der Waals surface area contributed by atoms with Gasteiger partial charge in [-0.3, -0.25) is 14.6 Å². The highest BCUT2D eigenvalue weighted by Gasteiger charge is 2.16. The highest BCUT2D eigenvalue weighted by Crippen LogP contribution is 2.20. The average Bonchev–Trinajstić information content (AvgIpc) is 3.12. The van der Waals surface area contributed by atoms with Gasteiger partial charge in [0.15, 0.2) is 6.61 Å². The average molecular weight is 382 g/mol. The van der Waals surface area contributed by atoms with Gasteiger partial charge in [0.2, 0.25) is 11.7 Å². The number of nitrogens with zero attached hydrogens (tertiary/aromatic N) is 1. The zero-order chi connectivity index (χ0) is 19.4. The number of rotatable bonds is 6. The number of hydrogen-bond acceptors (Lipinski definition) is 6. The van der Waals surface area contributed by atoms with Gasteiger partial charge < -0.3 is 10.1 Å². The fourth-order valence-electron chi connectivity index (χ4n) is 2.59. The van der Waals surface area contributed by atoms with Crippen LogP contribution < -0.4 is 5.32 Å². The van der Waals surface area contributed by atoms with Crippen LogP contribution in [0.25, 0.3) is 10.9 Å². The standard InChI is InChI=1S/C20H18N2O4S/c1-12-9-16(15-5-3-4-6-17(15)22-12)20(25)26-11-18(24)19-8-7-14(27-19)10-21-13(2)23/h3-9H,10-11H2,1-2H3,(H,21,23). The van der Waals surface area contributed by atoms with E-state index in [1.54, 1.807) is 31.2 Å². The quantitative estimate of drug-likeness (QED) is 0.522. The van der Waals surface area contributed by atoms with Crippen LogP contribution in [0.3, 0.4) is 0 Å². The molecule has 0 saturated carbocycles. The number of carbonyl (C=O) groups is 3. The van der Waals surface area contributed by atoms with Crippen molar-refractivity contribution >= 4 is 39.9 Å². The van der Waals surface area contributed by atoms with E-state index >= 15 is 0 Å². The van der Waals surface area contributed by atoms with Crippen LogP contribution >= 0.6 is 11.3 Å². The summed E-state index contributed by atoms with van der Waals surface area (Å²) in [6.45, 7) is 3.27. The van der Waals surface area contributed by atoms with Crippen LogP contribution in [-0.2, 0) is 16.1 Å². The molecule has 7 heteroatoms. The van der Waals surface area contributed by atoms with Crippen molar-refractivity contribution in [3.05, 3.63) is 63.5 Å². The van der Waals surface area contributed by atoms with Crippen LogP contribution in [0.5, 0.6) is 0 Å². The largest absolute Gasteiger partial charge is 0.454 e. The lowest BCUT2D eigenvalue weighted by molar-refractivity contribution is -0.119. The van der Waals surface area contributed by atoms with Crippen molar-refractivity contribution in [2.45, 2.75) is 20.4 Å². The first-order valence-electron chi connectivity index (χ1n) is 8.34. The van der Waals surface area contributed by atoms with Crippen molar-refractivity contribution in [1.29, 1.82) is 0 Å². The summed E-state index contributed by atoms with van der Waals surface area (Å²) in [7, 11) is 0. The number of thiophene rings is 1. The molecule has 0 bridgehead atoms. The third kappa shape index (κ3) is 4.57. The van der Waals surface area contributed by atoms with E-state index in [4.69, 9.17) is 4.74 Å². The molecule has 6 nitrogen and oxygen atoms in total. The minimum atomic E-state index is -0.555. The summed E-state index contributed by atoms with van der Waals surface area (Å²) in [6.07, 6.45) is 0. The molecule has 0 fully saturated rings. The Bertz CT molecular complexity index is 1030. The molecular formula is C20H18N2O4S. The van der Waals surface area contributed by atoms with Crippen molar-refractivity contribution in [3.8, 4) is 0 Å². The monoisotopic (exact) mass is 382 g/mol. The predicted octanol–water partition coefficient (Wildman–Crippen LogP) is 3.28. The summed E-state index contributed by atoms with van der Waals surface area (Å²) in [6, 6.07) is 12.4. The third-order valence-corrected chi connectivity index (χ3v) is 4.97. The SMILES string of the molecule is CC(=O)NCc1ccc(C(=O)COC(=O)c2cc(C)nc3ccccc23)s1. The Kier molecular flexibility index (Phi) is 5.61. The molecule has 138 valence electrons. The first-order valence-corrected chi connectivity index (χ1v) is 9.15. The van der Waals surface area contributed by atoms with Crippen molar-refractivity contribution in [3.63, 3.8) is 0 Å². The fourth-order valence-corrected chi connectivity index (χ4v) is 3.46. The van der Waals surface area contributed by atoms with Crippen LogP contribution in [0.2, 0.25) is 0 Å². The molecule has 0 atom stereocenters. The minimum absolute atomic E-state index is 0.134. The Morgan fingerprint density at radius 3 is 2.70 bits per heavy atom. The number of pyridine rings is 1. The van der Waals surface area contributed by atoms with Gasteiger partial charge in [-0.1, -0.05) is 18.2 Å². The summed E-state index contributed by atoms with van der Waals surface area (Å²) in [4.78, 5) is 41.5. The summed E-state index contributed by atoms with van der Waals surface area (Å²) >= 11 is 1.27. The maximum atomic E-state index is 12.5.